The van der Waals surface area contributed by atoms with Crippen molar-refractivity contribution in [1.29, 1.82) is 0 Å². The van der Waals surface area contributed by atoms with E-state index in [1.165, 1.54) is 225 Å². The molecule has 0 saturated heterocycles. The molecule has 0 aliphatic heterocycles. The average molecular weight is 844 g/mol. The number of unbranched alkanes of at least 4 members (excludes halogenated alkanes) is 36. The molecular formula is C55H105NO4. The lowest BCUT2D eigenvalue weighted by Gasteiger charge is -2.21. The quantitative estimate of drug-likeness (QED) is 0.0363. The van der Waals surface area contributed by atoms with E-state index in [-0.39, 0.29) is 18.9 Å². The topological polar surface area (TPSA) is 89.8 Å². The van der Waals surface area contributed by atoms with Gasteiger partial charge >= 0.3 is 0 Å². The predicted molar refractivity (Wildman–Crippen MR) is 264 cm³/mol. The Bertz CT molecular complexity index is 931. The third-order valence-corrected chi connectivity index (χ3v) is 12.4. The summed E-state index contributed by atoms with van der Waals surface area (Å²) >= 11 is 0. The highest BCUT2D eigenvalue weighted by Crippen LogP contribution is 2.16. The van der Waals surface area contributed by atoms with Gasteiger partial charge in [0, 0.05) is 0 Å². The summed E-state index contributed by atoms with van der Waals surface area (Å²) in [5, 5.41) is 33.3. The maximum atomic E-state index is 12.5. The van der Waals surface area contributed by atoms with E-state index in [9.17, 15) is 20.1 Å². The molecule has 0 aliphatic carbocycles. The zero-order chi connectivity index (χ0) is 43.7. The van der Waals surface area contributed by atoms with Crippen molar-refractivity contribution < 1.29 is 20.1 Å². The van der Waals surface area contributed by atoms with Crippen LogP contribution in [0.15, 0.2) is 36.5 Å². The minimum Gasteiger partial charge on any atom is -0.394 e. The van der Waals surface area contributed by atoms with E-state index in [4.69, 9.17) is 0 Å². The van der Waals surface area contributed by atoms with Gasteiger partial charge in [0.15, 0.2) is 0 Å². The van der Waals surface area contributed by atoms with Crippen LogP contribution in [-0.4, -0.2) is 46.1 Å². The minimum absolute atomic E-state index is 0.00730. The third-order valence-electron chi connectivity index (χ3n) is 12.4. The number of carbonyl (C=O) groups excluding carboxylic acids is 1. The molecule has 0 rings (SSSR count). The van der Waals surface area contributed by atoms with Crippen LogP contribution in [0, 0.1) is 0 Å². The number of amides is 1. The van der Waals surface area contributed by atoms with Crippen molar-refractivity contribution >= 4 is 5.91 Å². The number of hydrogen-bond acceptors (Lipinski definition) is 4. The van der Waals surface area contributed by atoms with Gasteiger partial charge in [-0.1, -0.05) is 256 Å². The zero-order valence-electron chi connectivity index (χ0n) is 40.4. The summed E-state index contributed by atoms with van der Waals surface area (Å²) in [5.74, 6) is -0.323. The van der Waals surface area contributed by atoms with Crippen LogP contribution in [0.1, 0.15) is 284 Å². The minimum atomic E-state index is -0.951. The number of allylic oxidation sites excluding steroid dienone is 5. The van der Waals surface area contributed by atoms with Crippen LogP contribution in [0.3, 0.4) is 0 Å². The van der Waals surface area contributed by atoms with Crippen molar-refractivity contribution in [3.8, 4) is 0 Å². The average Bonchev–Trinajstić information content (AvgIpc) is 3.24. The molecule has 0 fully saturated rings. The van der Waals surface area contributed by atoms with E-state index in [0.29, 0.717) is 6.42 Å². The van der Waals surface area contributed by atoms with Crippen LogP contribution < -0.4 is 5.32 Å². The first-order valence-electron chi connectivity index (χ1n) is 26.8. The van der Waals surface area contributed by atoms with E-state index in [0.717, 1.165) is 32.1 Å². The highest BCUT2D eigenvalue weighted by Gasteiger charge is 2.20. The summed E-state index contributed by atoms with van der Waals surface area (Å²) in [6.07, 6.45) is 64.7. The van der Waals surface area contributed by atoms with Gasteiger partial charge in [-0.25, -0.2) is 0 Å². The molecule has 4 N–H and O–H groups in total. The predicted octanol–water partition coefficient (Wildman–Crippen LogP) is 16.3. The second kappa shape index (κ2) is 50.2. The van der Waals surface area contributed by atoms with Crippen LogP contribution in [-0.2, 0) is 4.79 Å². The summed E-state index contributed by atoms with van der Waals surface area (Å²) in [6.45, 7) is 4.22. The third kappa shape index (κ3) is 46.1. The first kappa shape index (κ1) is 58.6. The van der Waals surface area contributed by atoms with Crippen LogP contribution >= 0.6 is 0 Å². The Kier molecular flexibility index (Phi) is 49.0. The van der Waals surface area contributed by atoms with Crippen molar-refractivity contribution in [1.82, 2.24) is 5.32 Å². The first-order chi connectivity index (χ1) is 29.5. The standard InChI is InChI=1S/C55H105NO4/c1-3-5-7-9-11-13-15-17-19-21-22-23-24-25-26-27-28-29-30-31-32-33-34-36-38-40-42-44-46-48-52(58)50-55(60)56-53(51-57)54(59)49-47-45-43-41-39-37-35-20-18-16-14-12-10-8-6-4-2/h25-26,39,41,47,49,52-54,57-59H,3-24,27-38,40,42-46,48,50-51H2,1-2H3,(H,56,60)/b26-25-,41-39+,49-47+. The lowest BCUT2D eigenvalue weighted by molar-refractivity contribution is -0.124. The molecule has 0 bridgehead atoms. The smallest absolute Gasteiger partial charge is 0.222 e. The van der Waals surface area contributed by atoms with E-state index in [2.05, 4.69) is 43.5 Å². The van der Waals surface area contributed by atoms with Gasteiger partial charge in [0.2, 0.25) is 5.91 Å². The van der Waals surface area contributed by atoms with Crippen LogP contribution in [0.5, 0.6) is 0 Å². The summed E-state index contributed by atoms with van der Waals surface area (Å²) < 4.78 is 0. The normalized spacial score (nSPS) is 13.6. The number of aliphatic hydroxyl groups is 3. The fourth-order valence-electron chi connectivity index (χ4n) is 8.29. The van der Waals surface area contributed by atoms with Crippen molar-refractivity contribution in [3.63, 3.8) is 0 Å². The van der Waals surface area contributed by atoms with E-state index < -0.39 is 18.2 Å². The molecule has 0 aromatic heterocycles. The Morgan fingerprint density at radius 2 is 0.717 bits per heavy atom. The molecule has 354 valence electrons. The Morgan fingerprint density at radius 3 is 1.07 bits per heavy atom. The lowest BCUT2D eigenvalue weighted by atomic mass is 10.0. The highest BCUT2D eigenvalue weighted by atomic mass is 16.3. The number of aliphatic hydroxyl groups excluding tert-OH is 3. The van der Waals surface area contributed by atoms with Gasteiger partial charge < -0.3 is 20.6 Å². The van der Waals surface area contributed by atoms with E-state index >= 15 is 0 Å². The molecule has 0 aliphatic rings. The monoisotopic (exact) mass is 844 g/mol. The molecule has 1 amide bonds. The van der Waals surface area contributed by atoms with Gasteiger partial charge in [0.05, 0.1) is 31.3 Å². The molecule has 0 aromatic rings. The van der Waals surface area contributed by atoms with Gasteiger partial charge in [-0.15, -0.1) is 0 Å². The van der Waals surface area contributed by atoms with Crippen LogP contribution in [0.2, 0.25) is 0 Å². The molecule has 60 heavy (non-hydrogen) atoms. The molecular weight excluding hydrogens is 739 g/mol. The summed E-state index contributed by atoms with van der Waals surface area (Å²) in [6, 6.07) is -0.760. The Morgan fingerprint density at radius 1 is 0.417 bits per heavy atom. The summed E-state index contributed by atoms with van der Waals surface area (Å²) in [5.41, 5.74) is 0. The van der Waals surface area contributed by atoms with Gasteiger partial charge in [-0.2, -0.15) is 0 Å². The fraction of sp³-hybridized carbons (Fsp3) is 0.873. The number of nitrogens with one attached hydrogen (secondary N) is 1. The summed E-state index contributed by atoms with van der Waals surface area (Å²) in [7, 11) is 0. The van der Waals surface area contributed by atoms with Crippen molar-refractivity contribution in [2.45, 2.75) is 302 Å². The largest absolute Gasteiger partial charge is 0.394 e. The van der Waals surface area contributed by atoms with Crippen molar-refractivity contribution in [2.24, 2.45) is 0 Å². The molecule has 3 atom stereocenters. The first-order valence-corrected chi connectivity index (χ1v) is 26.8. The Labute approximate surface area is 374 Å². The van der Waals surface area contributed by atoms with Gasteiger partial charge in [-0.05, 0) is 57.8 Å². The fourth-order valence-corrected chi connectivity index (χ4v) is 8.29. The number of carbonyl (C=O) groups is 1. The Hall–Kier alpha value is -1.43. The number of hydrogen-bond donors (Lipinski definition) is 4. The van der Waals surface area contributed by atoms with E-state index in [1.54, 1.807) is 6.08 Å². The number of rotatable bonds is 49. The SMILES string of the molecule is CCCCCCCCCCCC/C=C/CC/C=C/C(O)C(CO)NC(=O)CC(O)CCCCCCCCCCCCCCC/C=C\CCCCCCCCCCCCCC. The highest BCUT2D eigenvalue weighted by molar-refractivity contribution is 5.76. The Balaban J connectivity index is 3.57. The molecule has 0 saturated carbocycles. The van der Waals surface area contributed by atoms with Crippen LogP contribution in [0.4, 0.5) is 0 Å². The molecule has 0 spiro atoms. The van der Waals surface area contributed by atoms with Gasteiger partial charge in [-0.3, -0.25) is 4.79 Å². The van der Waals surface area contributed by atoms with Crippen LogP contribution in [0.25, 0.3) is 0 Å². The summed E-state index contributed by atoms with van der Waals surface area (Å²) in [4.78, 5) is 12.5. The molecule has 5 nitrogen and oxygen atoms in total. The van der Waals surface area contributed by atoms with Crippen molar-refractivity contribution in [2.75, 3.05) is 6.61 Å². The molecule has 3 unspecified atom stereocenters. The molecule has 0 aromatic carbocycles. The lowest BCUT2D eigenvalue weighted by Crippen LogP contribution is -2.45. The molecule has 0 radical (unpaired) electrons. The second-order valence-corrected chi connectivity index (χ2v) is 18.5. The molecule has 0 heterocycles. The van der Waals surface area contributed by atoms with Crippen molar-refractivity contribution in [3.05, 3.63) is 36.5 Å². The zero-order valence-corrected chi connectivity index (χ0v) is 40.4. The maximum Gasteiger partial charge on any atom is 0.222 e. The molecule has 5 heteroatoms. The van der Waals surface area contributed by atoms with Gasteiger partial charge in [0.1, 0.15) is 0 Å². The van der Waals surface area contributed by atoms with Gasteiger partial charge in [0.25, 0.3) is 0 Å². The maximum absolute atomic E-state index is 12.5. The van der Waals surface area contributed by atoms with E-state index in [1.807, 2.05) is 6.08 Å². The second-order valence-electron chi connectivity index (χ2n) is 18.5.